The molecule has 3 N–H and O–H groups in total. The molecule has 0 radical (unpaired) electrons. The van der Waals surface area contributed by atoms with Gasteiger partial charge < -0.3 is 11.1 Å². The summed E-state index contributed by atoms with van der Waals surface area (Å²) in [6, 6.07) is 2.07. The molecular weight excluding hydrogens is 192 g/mol. The van der Waals surface area contributed by atoms with Crippen LogP contribution in [0.2, 0.25) is 0 Å². The number of nitriles is 1. The van der Waals surface area contributed by atoms with Gasteiger partial charge in [0.15, 0.2) is 0 Å². The average molecular weight is 210 g/mol. The Morgan fingerprint density at radius 1 is 1.60 bits per heavy atom. The minimum Gasteiger partial charge on any atom is -0.368 e. The van der Waals surface area contributed by atoms with Gasteiger partial charge in [0.1, 0.15) is 0 Å². The molecule has 84 valence electrons. The van der Waals surface area contributed by atoms with Crippen LogP contribution in [0.1, 0.15) is 19.8 Å². The molecule has 1 aliphatic heterocycles. The van der Waals surface area contributed by atoms with E-state index in [1.807, 2.05) is 6.92 Å². The van der Waals surface area contributed by atoms with Crippen LogP contribution in [0.15, 0.2) is 0 Å². The standard InChI is InChI=1S/C10H18N4O/c1-10(9(12)15,3-2-4-11)14-7-5-13-6-8-14/h13H,2-3,5-8H2,1H3,(H2,12,15). The number of hydrogen-bond donors (Lipinski definition) is 2. The molecule has 15 heavy (non-hydrogen) atoms. The summed E-state index contributed by atoms with van der Waals surface area (Å²) in [5, 5.41) is 11.8. The van der Waals surface area contributed by atoms with E-state index in [9.17, 15) is 4.79 Å². The number of carbonyl (C=O) groups is 1. The van der Waals surface area contributed by atoms with Gasteiger partial charge >= 0.3 is 0 Å². The largest absolute Gasteiger partial charge is 0.368 e. The summed E-state index contributed by atoms with van der Waals surface area (Å²) in [5.41, 5.74) is 4.76. The first kappa shape index (κ1) is 12.0. The Morgan fingerprint density at radius 3 is 2.67 bits per heavy atom. The predicted molar refractivity (Wildman–Crippen MR) is 56.9 cm³/mol. The molecule has 1 rings (SSSR count). The molecule has 5 nitrogen and oxygen atoms in total. The van der Waals surface area contributed by atoms with E-state index in [4.69, 9.17) is 11.0 Å². The summed E-state index contributed by atoms with van der Waals surface area (Å²) in [6.07, 6.45) is 0.877. The van der Waals surface area contributed by atoms with Crippen LogP contribution in [0.25, 0.3) is 0 Å². The molecule has 1 amide bonds. The first-order valence-corrected chi connectivity index (χ1v) is 5.24. The van der Waals surface area contributed by atoms with Crippen LogP contribution in [0.4, 0.5) is 0 Å². The summed E-state index contributed by atoms with van der Waals surface area (Å²) < 4.78 is 0. The van der Waals surface area contributed by atoms with E-state index in [-0.39, 0.29) is 5.91 Å². The number of amides is 1. The third-order valence-corrected chi connectivity index (χ3v) is 3.07. The summed E-state index contributed by atoms with van der Waals surface area (Å²) in [6.45, 7) is 5.19. The molecule has 1 heterocycles. The molecule has 0 spiro atoms. The van der Waals surface area contributed by atoms with Crippen LogP contribution < -0.4 is 11.1 Å². The maximum atomic E-state index is 11.5. The van der Waals surface area contributed by atoms with Crippen molar-refractivity contribution in [2.75, 3.05) is 26.2 Å². The lowest BCUT2D eigenvalue weighted by Gasteiger charge is -2.41. The third kappa shape index (κ3) is 2.67. The fourth-order valence-corrected chi connectivity index (χ4v) is 1.89. The lowest BCUT2D eigenvalue weighted by Crippen LogP contribution is -2.60. The van der Waals surface area contributed by atoms with Gasteiger partial charge in [0.25, 0.3) is 0 Å². The lowest BCUT2D eigenvalue weighted by atomic mass is 9.92. The van der Waals surface area contributed by atoms with Crippen LogP contribution in [0.3, 0.4) is 0 Å². The minimum absolute atomic E-state index is 0.334. The molecule has 0 aromatic rings. The number of primary amides is 1. The SMILES string of the molecule is CC(CCC#N)(C(N)=O)N1CCNCC1. The van der Waals surface area contributed by atoms with Gasteiger partial charge in [0.2, 0.25) is 5.91 Å². The fourth-order valence-electron chi connectivity index (χ4n) is 1.89. The number of piperazine rings is 1. The molecule has 0 aliphatic carbocycles. The number of nitrogens with one attached hydrogen (secondary N) is 1. The third-order valence-electron chi connectivity index (χ3n) is 3.07. The van der Waals surface area contributed by atoms with Gasteiger partial charge in [-0.3, -0.25) is 9.69 Å². The Kier molecular flexibility index (Phi) is 4.06. The zero-order valence-electron chi connectivity index (χ0n) is 9.12. The van der Waals surface area contributed by atoms with Crippen LogP contribution >= 0.6 is 0 Å². The molecule has 1 atom stereocenters. The highest BCUT2D eigenvalue weighted by molar-refractivity contribution is 5.84. The van der Waals surface area contributed by atoms with Crippen molar-refractivity contribution in [2.24, 2.45) is 5.73 Å². The van der Waals surface area contributed by atoms with Crippen LogP contribution in [-0.2, 0) is 4.79 Å². The van der Waals surface area contributed by atoms with Gasteiger partial charge in [-0.25, -0.2) is 0 Å². The molecule has 1 aliphatic rings. The molecule has 5 heteroatoms. The monoisotopic (exact) mass is 210 g/mol. The van der Waals surface area contributed by atoms with E-state index in [1.54, 1.807) is 0 Å². The highest BCUT2D eigenvalue weighted by atomic mass is 16.1. The second kappa shape index (κ2) is 5.10. The predicted octanol–water partition coefficient (Wildman–Crippen LogP) is -0.561. The number of nitrogens with two attached hydrogens (primary N) is 1. The van der Waals surface area contributed by atoms with Gasteiger partial charge in [0, 0.05) is 32.6 Å². The zero-order chi connectivity index (χ0) is 11.3. The van der Waals surface area contributed by atoms with E-state index < -0.39 is 5.54 Å². The smallest absolute Gasteiger partial charge is 0.237 e. The van der Waals surface area contributed by atoms with Gasteiger partial charge in [-0.1, -0.05) is 0 Å². The average Bonchev–Trinajstić information content (AvgIpc) is 2.27. The summed E-state index contributed by atoms with van der Waals surface area (Å²) >= 11 is 0. The fraction of sp³-hybridized carbons (Fsp3) is 0.800. The Bertz CT molecular complexity index is 267. The summed E-state index contributed by atoms with van der Waals surface area (Å²) in [4.78, 5) is 13.5. The Balaban J connectivity index is 2.70. The van der Waals surface area contributed by atoms with E-state index in [1.165, 1.54) is 0 Å². The van der Waals surface area contributed by atoms with E-state index in [2.05, 4.69) is 16.3 Å². The number of hydrogen-bond acceptors (Lipinski definition) is 4. The van der Waals surface area contributed by atoms with Crippen LogP contribution in [0, 0.1) is 11.3 Å². The number of carbonyl (C=O) groups excluding carboxylic acids is 1. The van der Waals surface area contributed by atoms with Crippen molar-refractivity contribution in [1.29, 1.82) is 5.26 Å². The first-order chi connectivity index (χ1) is 7.11. The van der Waals surface area contributed by atoms with E-state index >= 15 is 0 Å². The van der Waals surface area contributed by atoms with Crippen LogP contribution in [-0.4, -0.2) is 42.5 Å². The summed E-state index contributed by atoms with van der Waals surface area (Å²) in [5.74, 6) is -0.334. The van der Waals surface area contributed by atoms with Gasteiger partial charge in [-0.2, -0.15) is 5.26 Å². The van der Waals surface area contributed by atoms with Crippen molar-refractivity contribution < 1.29 is 4.79 Å². The second-order valence-corrected chi connectivity index (χ2v) is 4.03. The van der Waals surface area contributed by atoms with Gasteiger partial charge in [0.05, 0.1) is 11.6 Å². The molecule has 1 fully saturated rings. The topological polar surface area (TPSA) is 82.1 Å². The van der Waals surface area contributed by atoms with Crippen molar-refractivity contribution in [1.82, 2.24) is 10.2 Å². The minimum atomic E-state index is -0.669. The molecule has 0 aromatic heterocycles. The molecule has 1 unspecified atom stereocenters. The van der Waals surface area contributed by atoms with Crippen molar-refractivity contribution in [2.45, 2.75) is 25.3 Å². The lowest BCUT2D eigenvalue weighted by molar-refractivity contribution is -0.130. The normalized spacial score (nSPS) is 21.6. The second-order valence-electron chi connectivity index (χ2n) is 4.03. The Hall–Kier alpha value is -1.12. The summed E-state index contributed by atoms with van der Waals surface area (Å²) in [7, 11) is 0. The van der Waals surface area contributed by atoms with Crippen molar-refractivity contribution in [3.63, 3.8) is 0 Å². The highest BCUT2D eigenvalue weighted by Crippen LogP contribution is 2.21. The van der Waals surface area contributed by atoms with Gasteiger partial charge in [-0.05, 0) is 13.3 Å². The maximum Gasteiger partial charge on any atom is 0.237 e. The van der Waals surface area contributed by atoms with Crippen molar-refractivity contribution in [3.05, 3.63) is 0 Å². The maximum absolute atomic E-state index is 11.5. The van der Waals surface area contributed by atoms with Crippen molar-refractivity contribution in [3.8, 4) is 6.07 Å². The Morgan fingerprint density at radius 2 is 2.20 bits per heavy atom. The molecule has 0 aromatic carbocycles. The highest BCUT2D eigenvalue weighted by Gasteiger charge is 2.37. The number of nitrogens with zero attached hydrogens (tertiary/aromatic N) is 2. The van der Waals surface area contributed by atoms with Gasteiger partial charge in [-0.15, -0.1) is 0 Å². The molecular formula is C10H18N4O. The quantitative estimate of drug-likeness (QED) is 0.651. The van der Waals surface area contributed by atoms with E-state index in [0.29, 0.717) is 12.8 Å². The molecule has 0 saturated carbocycles. The van der Waals surface area contributed by atoms with Crippen LogP contribution in [0.5, 0.6) is 0 Å². The zero-order valence-corrected chi connectivity index (χ0v) is 9.12. The van der Waals surface area contributed by atoms with E-state index in [0.717, 1.165) is 26.2 Å². The number of rotatable bonds is 4. The van der Waals surface area contributed by atoms with Crippen molar-refractivity contribution >= 4 is 5.91 Å². The first-order valence-electron chi connectivity index (χ1n) is 5.24. The molecule has 0 bridgehead atoms. The molecule has 1 saturated heterocycles. The Labute approximate surface area is 90.2 Å².